The molecule has 2 aliphatic rings. The summed E-state index contributed by atoms with van der Waals surface area (Å²) < 4.78 is 0. The Balaban J connectivity index is 2.13. The Bertz CT molecular complexity index is 373. The minimum atomic E-state index is -0.535. The van der Waals surface area contributed by atoms with Gasteiger partial charge in [0.05, 0.1) is 0 Å². The lowest BCUT2D eigenvalue weighted by atomic mass is 9.87. The Morgan fingerprint density at radius 1 is 1.14 bits per heavy atom. The van der Waals surface area contributed by atoms with Gasteiger partial charge in [0.15, 0.2) is 0 Å². The van der Waals surface area contributed by atoms with E-state index in [0.29, 0.717) is 5.92 Å². The van der Waals surface area contributed by atoms with Gasteiger partial charge in [-0.2, -0.15) is 0 Å². The molecule has 0 aromatic rings. The molecule has 0 radical (unpaired) electrons. The van der Waals surface area contributed by atoms with Crippen molar-refractivity contribution in [2.45, 2.75) is 83.6 Å². The highest BCUT2D eigenvalue weighted by atomic mass is 16.2. The molecule has 120 valence electrons. The van der Waals surface area contributed by atoms with E-state index >= 15 is 0 Å². The van der Waals surface area contributed by atoms with Crippen molar-refractivity contribution in [3.63, 3.8) is 0 Å². The number of hydrogen-bond donors (Lipinski definition) is 1. The van der Waals surface area contributed by atoms with Crippen LogP contribution >= 0.6 is 0 Å². The van der Waals surface area contributed by atoms with E-state index in [1.807, 2.05) is 4.90 Å². The van der Waals surface area contributed by atoms with Crippen LogP contribution in [0.1, 0.15) is 78.1 Å². The summed E-state index contributed by atoms with van der Waals surface area (Å²) in [4.78, 5) is 26.6. The van der Waals surface area contributed by atoms with Gasteiger partial charge < -0.3 is 4.90 Å². The molecule has 1 atom stereocenters. The van der Waals surface area contributed by atoms with Gasteiger partial charge in [0.25, 0.3) is 5.91 Å². The molecule has 4 nitrogen and oxygen atoms in total. The fraction of sp³-hybridized carbons (Fsp3) is 0.882. The molecular formula is C17H30N2O2. The zero-order chi connectivity index (χ0) is 15.3. The molecule has 2 fully saturated rings. The number of nitrogens with zero attached hydrogens (tertiary/aromatic N) is 1. The van der Waals surface area contributed by atoms with Crippen molar-refractivity contribution in [2.24, 2.45) is 5.92 Å². The van der Waals surface area contributed by atoms with Gasteiger partial charge in [0.2, 0.25) is 0 Å². The summed E-state index contributed by atoms with van der Waals surface area (Å²) in [6, 6.07) is -0.156. The van der Waals surface area contributed by atoms with Crippen LogP contribution in [0.15, 0.2) is 0 Å². The van der Waals surface area contributed by atoms with E-state index in [2.05, 4.69) is 19.2 Å². The first-order valence-electron chi connectivity index (χ1n) is 8.77. The molecule has 1 saturated heterocycles. The van der Waals surface area contributed by atoms with E-state index in [1.54, 1.807) is 0 Å². The highest BCUT2D eigenvalue weighted by Gasteiger charge is 2.52. The van der Waals surface area contributed by atoms with Gasteiger partial charge in [-0.1, -0.05) is 58.8 Å². The maximum atomic E-state index is 12.4. The van der Waals surface area contributed by atoms with Crippen LogP contribution in [-0.4, -0.2) is 28.9 Å². The van der Waals surface area contributed by atoms with E-state index < -0.39 is 5.54 Å². The Kier molecular flexibility index (Phi) is 5.65. The molecule has 1 heterocycles. The Morgan fingerprint density at radius 3 is 2.38 bits per heavy atom. The highest BCUT2D eigenvalue weighted by Crippen LogP contribution is 2.37. The summed E-state index contributed by atoms with van der Waals surface area (Å²) in [5.41, 5.74) is -0.535. The summed E-state index contributed by atoms with van der Waals surface area (Å²) >= 11 is 0. The third-order valence-electron chi connectivity index (χ3n) is 5.32. The van der Waals surface area contributed by atoms with Gasteiger partial charge in [-0.3, -0.25) is 10.1 Å². The summed E-state index contributed by atoms with van der Waals surface area (Å²) in [6.07, 6.45) is 10.8. The molecule has 0 aromatic carbocycles. The SMILES string of the molecule is CCCCC(CC)CN1C(=O)NC(=O)C12CCCCCC2. The lowest BCUT2D eigenvalue weighted by molar-refractivity contribution is -0.127. The van der Waals surface area contributed by atoms with E-state index in [4.69, 9.17) is 0 Å². The minimum absolute atomic E-state index is 0.0419. The van der Waals surface area contributed by atoms with E-state index in [-0.39, 0.29) is 11.9 Å². The lowest BCUT2D eigenvalue weighted by Crippen LogP contribution is -2.51. The molecule has 1 saturated carbocycles. The van der Waals surface area contributed by atoms with Crippen LogP contribution in [0.4, 0.5) is 4.79 Å². The predicted octanol–water partition coefficient (Wildman–Crippen LogP) is 3.85. The maximum absolute atomic E-state index is 12.4. The van der Waals surface area contributed by atoms with Crippen molar-refractivity contribution >= 4 is 11.9 Å². The highest BCUT2D eigenvalue weighted by molar-refractivity contribution is 6.07. The molecule has 1 N–H and O–H groups in total. The zero-order valence-corrected chi connectivity index (χ0v) is 13.6. The van der Waals surface area contributed by atoms with Crippen LogP contribution in [-0.2, 0) is 4.79 Å². The monoisotopic (exact) mass is 294 g/mol. The van der Waals surface area contributed by atoms with Crippen molar-refractivity contribution < 1.29 is 9.59 Å². The van der Waals surface area contributed by atoms with Crippen LogP contribution in [0.3, 0.4) is 0 Å². The Hall–Kier alpha value is -1.06. The van der Waals surface area contributed by atoms with Crippen LogP contribution in [0.5, 0.6) is 0 Å². The topological polar surface area (TPSA) is 49.4 Å². The first kappa shape index (κ1) is 16.3. The van der Waals surface area contributed by atoms with Crippen molar-refractivity contribution in [2.75, 3.05) is 6.54 Å². The van der Waals surface area contributed by atoms with E-state index in [1.165, 1.54) is 25.7 Å². The second-order valence-corrected chi connectivity index (χ2v) is 6.73. The van der Waals surface area contributed by atoms with Gasteiger partial charge in [0.1, 0.15) is 5.54 Å². The zero-order valence-electron chi connectivity index (χ0n) is 13.6. The summed E-state index contributed by atoms with van der Waals surface area (Å²) in [5, 5.41) is 2.59. The fourth-order valence-corrected chi connectivity index (χ4v) is 3.84. The molecule has 1 spiro atoms. The predicted molar refractivity (Wildman–Crippen MR) is 84.0 cm³/mol. The number of amides is 3. The Morgan fingerprint density at radius 2 is 1.81 bits per heavy atom. The van der Waals surface area contributed by atoms with Gasteiger partial charge in [-0.05, 0) is 25.2 Å². The largest absolute Gasteiger partial charge is 0.325 e. The lowest BCUT2D eigenvalue weighted by Gasteiger charge is -2.36. The van der Waals surface area contributed by atoms with Gasteiger partial charge >= 0.3 is 6.03 Å². The van der Waals surface area contributed by atoms with Gasteiger partial charge in [-0.25, -0.2) is 4.79 Å². The molecule has 4 heteroatoms. The molecule has 0 bridgehead atoms. The van der Waals surface area contributed by atoms with Crippen LogP contribution in [0, 0.1) is 5.92 Å². The molecule has 0 aromatic heterocycles. The molecule has 3 amide bonds. The molecule has 1 aliphatic carbocycles. The van der Waals surface area contributed by atoms with Crippen molar-refractivity contribution in [1.29, 1.82) is 0 Å². The van der Waals surface area contributed by atoms with Crippen LogP contribution in [0.2, 0.25) is 0 Å². The summed E-state index contributed by atoms with van der Waals surface area (Å²) in [6.45, 7) is 5.13. The second kappa shape index (κ2) is 7.28. The molecule has 1 aliphatic heterocycles. The van der Waals surface area contributed by atoms with Crippen molar-refractivity contribution in [3.8, 4) is 0 Å². The number of urea groups is 1. The molecule has 2 rings (SSSR count). The Labute approximate surface area is 128 Å². The van der Waals surface area contributed by atoms with E-state index in [9.17, 15) is 9.59 Å². The van der Waals surface area contributed by atoms with Crippen LogP contribution in [0.25, 0.3) is 0 Å². The molecular weight excluding hydrogens is 264 g/mol. The normalized spacial score (nSPS) is 23.2. The standard InChI is InChI=1S/C17H30N2O2/c1-3-5-10-14(4-2)13-19-16(21)18-15(20)17(19)11-8-6-7-9-12-17/h14H,3-13H2,1-2H3,(H,18,20,21). The third kappa shape index (κ3) is 3.41. The van der Waals surface area contributed by atoms with Crippen molar-refractivity contribution in [1.82, 2.24) is 10.2 Å². The quantitative estimate of drug-likeness (QED) is 0.756. The smallest absolute Gasteiger partial charge is 0.309 e. The maximum Gasteiger partial charge on any atom is 0.325 e. The van der Waals surface area contributed by atoms with Gasteiger partial charge in [0, 0.05) is 6.54 Å². The summed E-state index contributed by atoms with van der Waals surface area (Å²) in [7, 11) is 0. The summed E-state index contributed by atoms with van der Waals surface area (Å²) in [5.74, 6) is 0.474. The first-order chi connectivity index (χ1) is 10.1. The molecule has 1 unspecified atom stereocenters. The first-order valence-corrected chi connectivity index (χ1v) is 8.77. The third-order valence-corrected chi connectivity index (χ3v) is 5.32. The van der Waals surface area contributed by atoms with Crippen molar-refractivity contribution in [3.05, 3.63) is 0 Å². The average Bonchev–Trinajstić information content (AvgIpc) is 2.67. The molecule has 21 heavy (non-hydrogen) atoms. The minimum Gasteiger partial charge on any atom is -0.309 e. The fourth-order valence-electron chi connectivity index (χ4n) is 3.84. The number of unbranched alkanes of at least 4 members (excludes halogenated alkanes) is 1. The number of carbonyl (C=O) groups excluding carboxylic acids is 2. The average molecular weight is 294 g/mol. The second-order valence-electron chi connectivity index (χ2n) is 6.73. The number of carbonyl (C=O) groups is 2. The van der Waals surface area contributed by atoms with Crippen LogP contribution < -0.4 is 5.32 Å². The number of rotatable bonds is 6. The number of hydrogen-bond acceptors (Lipinski definition) is 2. The van der Waals surface area contributed by atoms with Gasteiger partial charge in [-0.15, -0.1) is 0 Å². The number of nitrogens with one attached hydrogen (secondary N) is 1. The number of imide groups is 1. The van der Waals surface area contributed by atoms with E-state index in [0.717, 1.165) is 45.1 Å².